The summed E-state index contributed by atoms with van der Waals surface area (Å²) in [7, 11) is 0. The Balaban J connectivity index is 2.77. The van der Waals surface area contributed by atoms with E-state index in [1.807, 2.05) is 0 Å². The molecule has 0 fully saturated rings. The molecule has 1 rings (SSSR count). The van der Waals surface area contributed by atoms with E-state index in [-0.39, 0.29) is 5.60 Å². The molecule has 0 aliphatic rings. The van der Waals surface area contributed by atoms with E-state index < -0.39 is 0 Å². The Hall–Kier alpha value is -0.820. The lowest BCUT2D eigenvalue weighted by Gasteiger charge is -2.40. The van der Waals surface area contributed by atoms with Crippen molar-refractivity contribution >= 4 is 0 Å². The molecule has 0 aliphatic carbocycles. The molecule has 0 aliphatic heterocycles. The van der Waals surface area contributed by atoms with E-state index in [0.29, 0.717) is 5.92 Å². The van der Waals surface area contributed by atoms with Crippen LogP contribution in [0, 0.1) is 0 Å². The Labute approximate surface area is 144 Å². The second kappa shape index (κ2) is 11.7. The highest BCUT2D eigenvalue weighted by molar-refractivity contribution is 5.23. The first-order chi connectivity index (χ1) is 11.2. The first kappa shape index (κ1) is 20.2. The van der Waals surface area contributed by atoms with E-state index >= 15 is 0 Å². The molecule has 23 heavy (non-hydrogen) atoms. The van der Waals surface area contributed by atoms with Crippen LogP contribution in [0.5, 0.6) is 0 Å². The van der Waals surface area contributed by atoms with Gasteiger partial charge in [-0.05, 0) is 31.7 Å². The second-order valence-corrected chi connectivity index (χ2v) is 6.72. The summed E-state index contributed by atoms with van der Waals surface area (Å²) in [6.45, 7) is 9.80. The van der Waals surface area contributed by atoms with Crippen molar-refractivity contribution in [2.45, 2.75) is 97.0 Å². The molecule has 0 bridgehead atoms. The third kappa shape index (κ3) is 6.30. The molecular formula is C22H38O. The summed E-state index contributed by atoms with van der Waals surface area (Å²) in [5, 5.41) is 0. The highest BCUT2D eigenvalue weighted by Crippen LogP contribution is 2.40. The minimum absolute atomic E-state index is 0.000474. The minimum atomic E-state index is -0.000474. The van der Waals surface area contributed by atoms with Gasteiger partial charge in [0, 0.05) is 12.5 Å². The Morgan fingerprint density at radius 3 is 2.00 bits per heavy atom. The summed E-state index contributed by atoms with van der Waals surface area (Å²) >= 11 is 0. The van der Waals surface area contributed by atoms with Crippen LogP contribution in [0.2, 0.25) is 0 Å². The number of unbranched alkanes of at least 4 members (excludes halogenated alkanes) is 5. The standard InChI is InChI=1S/C22H38O/c1-5-9-10-11-12-16-19-21(20-17-14-13-15-18-20)22(6-2,7-3)23-8-4/h13-15,17-18,21H,5-12,16,19H2,1-4H3. The van der Waals surface area contributed by atoms with Gasteiger partial charge in [0.1, 0.15) is 0 Å². The van der Waals surface area contributed by atoms with E-state index in [1.165, 1.54) is 50.5 Å². The van der Waals surface area contributed by atoms with Gasteiger partial charge in [-0.25, -0.2) is 0 Å². The molecular weight excluding hydrogens is 280 g/mol. The van der Waals surface area contributed by atoms with Crippen LogP contribution in [-0.2, 0) is 4.74 Å². The quantitative estimate of drug-likeness (QED) is 0.352. The highest BCUT2D eigenvalue weighted by Gasteiger charge is 2.36. The third-order valence-corrected chi connectivity index (χ3v) is 5.31. The zero-order chi connectivity index (χ0) is 17.0. The number of benzene rings is 1. The maximum atomic E-state index is 6.34. The summed E-state index contributed by atoms with van der Waals surface area (Å²) in [6.07, 6.45) is 11.6. The van der Waals surface area contributed by atoms with Gasteiger partial charge in [-0.15, -0.1) is 0 Å². The van der Waals surface area contributed by atoms with Crippen LogP contribution in [0.4, 0.5) is 0 Å². The molecule has 132 valence electrons. The topological polar surface area (TPSA) is 9.23 Å². The van der Waals surface area contributed by atoms with Crippen LogP contribution in [0.3, 0.4) is 0 Å². The van der Waals surface area contributed by atoms with Gasteiger partial charge in [-0.2, -0.15) is 0 Å². The predicted octanol–water partition coefficient (Wildman–Crippen LogP) is 7.12. The van der Waals surface area contributed by atoms with Crippen LogP contribution in [0.15, 0.2) is 30.3 Å². The number of rotatable bonds is 13. The molecule has 0 spiro atoms. The van der Waals surface area contributed by atoms with Crippen molar-refractivity contribution in [3.8, 4) is 0 Å². The molecule has 0 saturated carbocycles. The lowest BCUT2D eigenvalue weighted by molar-refractivity contribution is -0.0679. The summed E-state index contributed by atoms with van der Waals surface area (Å²) in [5.41, 5.74) is 1.46. The molecule has 1 aromatic rings. The number of hydrogen-bond donors (Lipinski definition) is 0. The summed E-state index contributed by atoms with van der Waals surface area (Å²) in [6, 6.07) is 11.0. The van der Waals surface area contributed by atoms with Crippen LogP contribution in [0.1, 0.15) is 97.0 Å². The first-order valence-corrected chi connectivity index (χ1v) is 9.92. The zero-order valence-corrected chi connectivity index (χ0v) is 15.9. The zero-order valence-electron chi connectivity index (χ0n) is 15.9. The summed E-state index contributed by atoms with van der Waals surface area (Å²) < 4.78 is 6.34. The summed E-state index contributed by atoms with van der Waals surface area (Å²) in [5.74, 6) is 0.518. The van der Waals surface area contributed by atoms with Crippen LogP contribution < -0.4 is 0 Å². The van der Waals surface area contributed by atoms with Gasteiger partial charge in [0.15, 0.2) is 0 Å². The van der Waals surface area contributed by atoms with E-state index in [9.17, 15) is 0 Å². The molecule has 1 atom stereocenters. The third-order valence-electron chi connectivity index (χ3n) is 5.31. The lowest BCUT2D eigenvalue weighted by Crippen LogP contribution is -2.38. The maximum Gasteiger partial charge on any atom is 0.0745 e. The fourth-order valence-electron chi connectivity index (χ4n) is 3.88. The fraction of sp³-hybridized carbons (Fsp3) is 0.727. The van der Waals surface area contributed by atoms with Gasteiger partial charge in [0.25, 0.3) is 0 Å². The van der Waals surface area contributed by atoms with E-state index in [0.717, 1.165) is 19.4 Å². The van der Waals surface area contributed by atoms with Crippen LogP contribution in [-0.4, -0.2) is 12.2 Å². The lowest BCUT2D eigenvalue weighted by atomic mass is 9.75. The monoisotopic (exact) mass is 318 g/mol. The molecule has 0 radical (unpaired) electrons. The van der Waals surface area contributed by atoms with Crippen molar-refractivity contribution in [1.29, 1.82) is 0 Å². The largest absolute Gasteiger partial charge is 0.375 e. The van der Waals surface area contributed by atoms with E-state index in [1.54, 1.807) is 0 Å². The Morgan fingerprint density at radius 1 is 0.826 bits per heavy atom. The molecule has 0 heterocycles. The summed E-state index contributed by atoms with van der Waals surface area (Å²) in [4.78, 5) is 0. The molecule has 0 aromatic heterocycles. The van der Waals surface area contributed by atoms with Gasteiger partial charge in [-0.1, -0.05) is 89.6 Å². The van der Waals surface area contributed by atoms with Crippen molar-refractivity contribution in [2.75, 3.05) is 6.61 Å². The van der Waals surface area contributed by atoms with Gasteiger partial charge in [0.05, 0.1) is 5.60 Å². The molecule has 0 saturated heterocycles. The smallest absolute Gasteiger partial charge is 0.0745 e. The average Bonchev–Trinajstić information content (AvgIpc) is 2.60. The molecule has 0 amide bonds. The first-order valence-electron chi connectivity index (χ1n) is 9.92. The fourth-order valence-corrected chi connectivity index (χ4v) is 3.88. The predicted molar refractivity (Wildman–Crippen MR) is 102 cm³/mol. The van der Waals surface area contributed by atoms with E-state index in [4.69, 9.17) is 4.74 Å². The SMILES string of the molecule is CCCCCCCCC(c1ccccc1)C(CC)(CC)OCC. The highest BCUT2D eigenvalue weighted by atomic mass is 16.5. The van der Waals surface area contributed by atoms with Crippen LogP contribution in [0.25, 0.3) is 0 Å². The van der Waals surface area contributed by atoms with Crippen molar-refractivity contribution in [3.63, 3.8) is 0 Å². The van der Waals surface area contributed by atoms with Crippen molar-refractivity contribution in [3.05, 3.63) is 35.9 Å². The van der Waals surface area contributed by atoms with E-state index in [2.05, 4.69) is 58.0 Å². The second-order valence-electron chi connectivity index (χ2n) is 6.72. The molecule has 1 unspecified atom stereocenters. The van der Waals surface area contributed by atoms with Gasteiger partial charge in [0.2, 0.25) is 0 Å². The van der Waals surface area contributed by atoms with Crippen molar-refractivity contribution in [2.24, 2.45) is 0 Å². The van der Waals surface area contributed by atoms with Crippen molar-refractivity contribution < 1.29 is 4.74 Å². The van der Waals surface area contributed by atoms with Crippen LogP contribution >= 0.6 is 0 Å². The van der Waals surface area contributed by atoms with Crippen molar-refractivity contribution in [1.82, 2.24) is 0 Å². The Bertz CT molecular complexity index is 380. The van der Waals surface area contributed by atoms with Gasteiger partial charge in [-0.3, -0.25) is 0 Å². The maximum absolute atomic E-state index is 6.34. The molecule has 1 nitrogen and oxygen atoms in total. The van der Waals surface area contributed by atoms with Gasteiger partial charge < -0.3 is 4.74 Å². The minimum Gasteiger partial charge on any atom is -0.375 e. The Morgan fingerprint density at radius 2 is 1.43 bits per heavy atom. The molecule has 1 aromatic carbocycles. The molecule has 1 heteroatoms. The average molecular weight is 319 g/mol. The Kier molecular flexibility index (Phi) is 10.3. The number of ether oxygens (including phenoxy) is 1. The number of hydrogen-bond acceptors (Lipinski definition) is 1. The van der Waals surface area contributed by atoms with Gasteiger partial charge >= 0.3 is 0 Å². The molecule has 0 N–H and O–H groups in total. The normalized spacial score (nSPS) is 13.2.